The number of hydrogen-bond donors (Lipinski definition) is 2. The van der Waals surface area contributed by atoms with Gasteiger partial charge in [0.25, 0.3) is 5.91 Å². The summed E-state index contributed by atoms with van der Waals surface area (Å²) in [4.78, 5) is 20.9. The Hall–Kier alpha value is -2.14. The molecule has 0 unspecified atom stereocenters. The molecule has 1 amide bonds. The SMILES string of the molecule is O=C(NC1CCCCCC1)c1cnc(NCCc2ccc(Cl)cc2)cn1. The van der Waals surface area contributed by atoms with Crippen molar-refractivity contribution in [1.29, 1.82) is 0 Å². The lowest BCUT2D eigenvalue weighted by molar-refractivity contribution is 0.0928. The van der Waals surface area contributed by atoms with E-state index in [1.54, 1.807) is 6.20 Å². The van der Waals surface area contributed by atoms with Crippen LogP contribution in [0.2, 0.25) is 5.02 Å². The summed E-state index contributed by atoms with van der Waals surface area (Å²) in [5, 5.41) is 7.06. The van der Waals surface area contributed by atoms with Crippen LogP contribution in [-0.2, 0) is 6.42 Å². The Labute approximate surface area is 159 Å². The molecule has 3 rings (SSSR count). The van der Waals surface area contributed by atoms with E-state index in [2.05, 4.69) is 20.6 Å². The molecule has 1 aliphatic rings. The molecule has 138 valence electrons. The number of halogens is 1. The minimum absolute atomic E-state index is 0.128. The van der Waals surface area contributed by atoms with Crippen molar-refractivity contribution in [3.8, 4) is 0 Å². The number of nitrogens with one attached hydrogen (secondary N) is 2. The first-order valence-corrected chi connectivity index (χ1v) is 9.70. The average molecular weight is 373 g/mol. The molecular formula is C20H25ClN4O. The minimum atomic E-state index is -0.128. The first-order valence-electron chi connectivity index (χ1n) is 9.32. The van der Waals surface area contributed by atoms with Crippen molar-refractivity contribution in [3.05, 3.63) is 52.9 Å². The van der Waals surface area contributed by atoms with Gasteiger partial charge in [-0.1, -0.05) is 49.4 Å². The number of rotatable bonds is 6. The van der Waals surface area contributed by atoms with Crippen molar-refractivity contribution < 1.29 is 4.79 Å². The Balaban J connectivity index is 1.46. The third-order valence-electron chi connectivity index (χ3n) is 4.71. The summed E-state index contributed by atoms with van der Waals surface area (Å²) >= 11 is 5.88. The van der Waals surface area contributed by atoms with Crippen LogP contribution < -0.4 is 10.6 Å². The molecule has 1 aromatic carbocycles. The Morgan fingerprint density at radius 1 is 1.04 bits per heavy atom. The fraction of sp³-hybridized carbons (Fsp3) is 0.450. The molecule has 1 aromatic heterocycles. The molecule has 1 fully saturated rings. The van der Waals surface area contributed by atoms with Gasteiger partial charge >= 0.3 is 0 Å². The lowest BCUT2D eigenvalue weighted by atomic mass is 10.1. The lowest BCUT2D eigenvalue weighted by Crippen LogP contribution is -2.34. The normalized spacial score (nSPS) is 15.3. The highest BCUT2D eigenvalue weighted by atomic mass is 35.5. The summed E-state index contributed by atoms with van der Waals surface area (Å²) in [6.45, 7) is 0.740. The molecule has 0 radical (unpaired) electrons. The number of nitrogens with zero attached hydrogens (tertiary/aromatic N) is 2. The summed E-state index contributed by atoms with van der Waals surface area (Å²) in [6, 6.07) is 8.06. The Morgan fingerprint density at radius 2 is 1.77 bits per heavy atom. The molecule has 0 bridgehead atoms. The smallest absolute Gasteiger partial charge is 0.271 e. The molecule has 6 heteroatoms. The highest BCUT2D eigenvalue weighted by Crippen LogP contribution is 2.17. The number of amides is 1. The quantitative estimate of drug-likeness (QED) is 0.744. The average Bonchev–Trinajstić information content (AvgIpc) is 2.92. The van der Waals surface area contributed by atoms with Crippen LogP contribution in [0.3, 0.4) is 0 Å². The topological polar surface area (TPSA) is 66.9 Å². The van der Waals surface area contributed by atoms with Gasteiger partial charge in [-0.2, -0.15) is 0 Å². The minimum Gasteiger partial charge on any atom is -0.368 e. The lowest BCUT2D eigenvalue weighted by Gasteiger charge is -2.15. The van der Waals surface area contributed by atoms with E-state index in [4.69, 9.17) is 11.6 Å². The standard InChI is InChI=1S/C20H25ClN4O/c21-16-9-7-15(8-10-16)11-12-22-19-14-23-18(13-24-19)20(26)25-17-5-3-1-2-4-6-17/h7-10,13-14,17H,1-6,11-12H2,(H,22,24)(H,25,26). The Kier molecular flexibility index (Phi) is 6.83. The molecule has 0 atom stereocenters. The molecule has 0 saturated heterocycles. The van der Waals surface area contributed by atoms with Gasteiger partial charge in [-0.05, 0) is 37.0 Å². The monoisotopic (exact) mass is 372 g/mol. The second-order valence-electron chi connectivity index (χ2n) is 6.75. The largest absolute Gasteiger partial charge is 0.368 e. The highest BCUT2D eigenvalue weighted by Gasteiger charge is 2.16. The van der Waals surface area contributed by atoms with Crippen LogP contribution in [0.1, 0.15) is 54.6 Å². The maximum absolute atomic E-state index is 12.3. The number of carbonyl (C=O) groups is 1. The second-order valence-corrected chi connectivity index (χ2v) is 7.19. The molecule has 1 saturated carbocycles. The molecule has 26 heavy (non-hydrogen) atoms. The van der Waals surface area contributed by atoms with Crippen molar-refractivity contribution in [1.82, 2.24) is 15.3 Å². The van der Waals surface area contributed by atoms with E-state index in [-0.39, 0.29) is 11.9 Å². The van der Waals surface area contributed by atoms with Gasteiger partial charge in [0, 0.05) is 17.6 Å². The fourth-order valence-corrected chi connectivity index (χ4v) is 3.33. The van der Waals surface area contributed by atoms with Gasteiger partial charge in [-0.25, -0.2) is 9.97 Å². The van der Waals surface area contributed by atoms with E-state index in [1.165, 1.54) is 37.4 Å². The molecule has 1 heterocycles. The van der Waals surface area contributed by atoms with Crippen molar-refractivity contribution in [2.45, 2.75) is 51.0 Å². The number of hydrogen-bond acceptors (Lipinski definition) is 4. The summed E-state index contributed by atoms with van der Waals surface area (Å²) in [5.41, 5.74) is 1.58. The zero-order chi connectivity index (χ0) is 18.2. The van der Waals surface area contributed by atoms with Crippen LogP contribution in [0, 0.1) is 0 Å². The van der Waals surface area contributed by atoms with Crippen LogP contribution in [-0.4, -0.2) is 28.5 Å². The summed E-state index contributed by atoms with van der Waals surface area (Å²) < 4.78 is 0. The predicted molar refractivity (Wildman–Crippen MR) is 105 cm³/mol. The molecular weight excluding hydrogens is 348 g/mol. The number of carbonyl (C=O) groups excluding carboxylic acids is 1. The van der Waals surface area contributed by atoms with E-state index in [0.717, 1.165) is 30.8 Å². The van der Waals surface area contributed by atoms with Gasteiger partial charge in [0.15, 0.2) is 0 Å². The first-order chi connectivity index (χ1) is 12.7. The van der Waals surface area contributed by atoms with Gasteiger partial charge in [0.1, 0.15) is 11.5 Å². The Morgan fingerprint density at radius 3 is 2.42 bits per heavy atom. The number of anilines is 1. The summed E-state index contributed by atoms with van der Waals surface area (Å²) in [7, 11) is 0. The highest BCUT2D eigenvalue weighted by molar-refractivity contribution is 6.30. The zero-order valence-electron chi connectivity index (χ0n) is 14.9. The maximum atomic E-state index is 12.3. The van der Waals surface area contributed by atoms with Crippen molar-refractivity contribution >= 4 is 23.3 Å². The maximum Gasteiger partial charge on any atom is 0.271 e. The number of aromatic nitrogens is 2. The van der Waals surface area contributed by atoms with Gasteiger partial charge in [0.2, 0.25) is 0 Å². The van der Waals surface area contributed by atoms with Crippen molar-refractivity contribution in [3.63, 3.8) is 0 Å². The van der Waals surface area contributed by atoms with Crippen LogP contribution in [0.5, 0.6) is 0 Å². The molecule has 2 N–H and O–H groups in total. The van der Waals surface area contributed by atoms with Gasteiger partial charge < -0.3 is 10.6 Å². The third kappa shape index (κ3) is 5.70. The van der Waals surface area contributed by atoms with E-state index < -0.39 is 0 Å². The van der Waals surface area contributed by atoms with Gasteiger partial charge in [-0.15, -0.1) is 0 Å². The summed E-state index contributed by atoms with van der Waals surface area (Å²) in [5.74, 6) is 0.544. The van der Waals surface area contributed by atoms with Gasteiger partial charge in [0.05, 0.1) is 12.4 Å². The molecule has 5 nitrogen and oxygen atoms in total. The molecule has 0 aliphatic heterocycles. The first kappa shape index (κ1) is 18.6. The van der Waals surface area contributed by atoms with Crippen LogP contribution in [0.4, 0.5) is 5.82 Å². The van der Waals surface area contributed by atoms with Crippen LogP contribution in [0.15, 0.2) is 36.7 Å². The third-order valence-corrected chi connectivity index (χ3v) is 4.96. The van der Waals surface area contributed by atoms with Crippen molar-refractivity contribution in [2.24, 2.45) is 0 Å². The molecule has 1 aliphatic carbocycles. The second kappa shape index (κ2) is 9.53. The molecule has 2 aromatic rings. The Bertz CT molecular complexity index is 695. The predicted octanol–water partition coefficient (Wildman–Crippen LogP) is 4.24. The van der Waals surface area contributed by atoms with E-state index in [0.29, 0.717) is 11.5 Å². The van der Waals surface area contributed by atoms with Crippen molar-refractivity contribution in [2.75, 3.05) is 11.9 Å². The van der Waals surface area contributed by atoms with E-state index in [9.17, 15) is 4.79 Å². The fourth-order valence-electron chi connectivity index (χ4n) is 3.21. The number of benzene rings is 1. The van der Waals surface area contributed by atoms with Gasteiger partial charge in [-0.3, -0.25) is 4.79 Å². The van der Waals surface area contributed by atoms with E-state index in [1.807, 2.05) is 24.3 Å². The summed E-state index contributed by atoms with van der Waals surface area (Å²) in [6.07, 6.45) is 11.0. The zero-order valence-corrected chi connectivity index (χ0v) is 15.6. The van der Waals surface area contributed by atoms with Crippen LogP contribution in [0.25, 0.3) is 0 Å². The van der Waals surface area contributed by atoms with Crippen LogP contribution >= 0.6 is 11.6 Å². The molecule has 0 spiro atoms. The van der Waals surface area contributed by atoms with E-state index >= 15 is 0 Å².